The normalized spacial score (nSPS) is 15.5. The van der Waals surface area contributed by atoms with E-state index in [0.29, 0.717) is 0 Å². The molecule has 4 heteroatoms. The van der Waals surface area contributed by atoms with Gasteiger partial charge in [0.2, 0.25) is 0 Å². The fourth-order valence-corrected chi connectivity index (χ4v) is 4.13. The van der Waals surface area contributed by atoms with E-state index in [4.69, 9.17) is 4.74 Å². The van der Waals surface area contributed by atoms with Crippen LogP contribution in [0.4, 0.5) is 0 Å². The molecule has 2 aromatic rings. The smallest absolute Gasteiger partial charge is 0.127 e. The van der Waals surface area contributed by atoms with Crippen molar-refractivity contribution in [2.24, 2.45) is 0 Å². The van der Waals surface area contributed by atoms with Crippen LogP contribution in [0.1, 0.15) is 36.1 Å². The van der Waals surface area contributed by atoms with E-state index in [1.54, 1.807) is 11.3 Å². The minimum atomic E-state index is 0.229. The molecule has 1 aliphatic heterocycles. The number of ether oxygens (including phenoxy) is 1. The number of hydrogen-bond donors (Lipinski definition) is 1. The summed E-state index contributed by atoms with van der Waals surface area (Å²) in [6, 6.07) is 9.04. The minimum Gasteiger partial charge on any atom is -0.493 e. The van der Waals surface area contributed by atoms with Crippen LogP contribution in [0.25, 0.3) is 0 Å². The summed E-state index contributed by atoms with van der Waals surface area (Å²) < 4.78 is 7.30. The lowest BCUT2D eigenvalue weighted by atomic mass is 9.95. The molecule has 1 aromatic carbocycles. The van der Waals surface area contributed by atoms with Crippen LogP contribution in [0.15, 0.2) is 29.6 Å². The summed E-state index contributed by atoms with van der Waals surface area (Å²) in [4.78, 5) is 0. The number of aryl methyl sites for hydroxylation is 1. The number of halogens is 1. The molecular weight excluding hydrogens is 381 g/mol. The van der Waals surface area contributed by atoms with Crippen molar-refractivity contribution >= 4 is 33.9 Å². The topological polar surface area (TPSA) is 21.3 Å². The second-order valence-corrected chi connectivity index (χ2v) is 7.77. The fourth-order valence-electron chi connectivity index (χ4n) is 2.73. The molecule has 0 saturated carbocycles. The first-order valence-electron chi connectivity index (χ1n) is 7.01. The molecule has 1 atom stereocenters. The Kier molecular flexibility index (Phi) is 4.63. The molecule has 0 amide bonds. The highest BCUT2D eigenvalue weighted by Crippen LogP contribution is 2.37. The van der Waals surface area contributed by atoms with Crippen molar-refractivity contribution < 1.29 is 4.74 Å². The quantitative estimate of drug-likeness (QED) is 0.771. The second-order valence-electron chi connectivity index (χ2n) is 4.96. The van der Waals surface area contributed by atoms with Crippen molar-refractivity contribution in [3.8, 4) is 5.75 Å². The summed E-state index contributed by atoms with van der Waals surface area (Å²) in [5, 5.41) is 5.85. The van der Waals surface area contributed by atoms with Crippen LogP contribution < -0.4 is 10.1 Å². The van der Waals surface area contributed by atoms with Gasteiger partial charge in [-0.3, -0.25) is 0 Å². The summed E-state index contributed by atoms with van der Waals surface area (Å²) in [6.07, 6.45) is 2.25. The Morgan fingerprint density at radius 3 is 3.10 bits per heavy atom. The third-order valence-corrected chi connectivity index (χ3v) is 5.41. The van der Waals surface area contributed by atoms with E-state index in [-0.39, 0.29) is 6.04 Å². The number of para-hydroxylation sites is 1. The first-order valence-corrected chi connectivity index (χ1v) is 8.97. The average molecular weight is 399 g/mol. The van der Waals surface area contributed by atoms with Crippen LogP contribution in [0.5, 0.6) is 5.75 Å². The molecule has 0 spiro atoms. The lowest BCUT2D eigenvalue weighted by Crippen LogP contribution is -2.23. The number of rotatable bonds is 4. The summed E-state index contributed by atoms with van der Waals surface area (Å²) in [7, 11) is 0. The molecular formula is C16H18INOS. The van der Waals surface area contributed by atoms with E-state index in [9.17, 15) is 0 Å². The summed E-state index contributed by atoms with van der Waals surface area (Å²) in [6.45, 7) is 3.94. The Bertz CT molecular complexity index is 596. The Labute approximate surface area is 137 Å². The molecule has 0 radical (unpaired) electrons. The Balaban J connectivity index is 2.03. The van der Waals surface area contributed by atoms with Gasteiger partial charge in [0.1, 0.15) is 5.75 Å². The highest BCUT2D eigenvalue weighted by molar-refractivity contribution is 14.1. The van der Waals surface area contributed by atoms with Crippen molar-refractivity contribution in [3.63, 3.8) is 0 Å². The standard InChI is InChI=1S/C16H18INOS/c1-2-18-15(12-9-14(17)20-10-12)13-7-3-5-11-6-4-8-19-16(11)13/h3,5,7,9-10,15,18H,2,4,6,8H2,1H3. The van der Waals surface area contributed by atoms with Crippen LogP contribution in [0.2, 0.25) is 0 Å². The van der Waals surface area contributed by atoms with Gasteiger partial charge in [0.15, 0.2) is 0 Å². The average Bonchev–Trinajstić information content (AvgIpc) is 2.91. The predicted molar refractivity (Wildman–Crippen MR) is 92.8 cm³/mol. The van der Waals surface area contributed by atoms with Gasteiger partial charge in [0.25, 0.3) is 0 Å². The summed E-state index contributed by atoms with van der Waals surface area (Å²) >= 11 is 4.18. The van der Waals surface area contributed by atoms with Gasteiger partial charge in [-0.1, -0.05) is 25.1 Å². The highest BCUT2D eigenvalue weighted by Gasteiger charge is 2.22. The molecule has 1 unspecified atom stereocenters. The van der Waals surface area contributed by atoms with Crippen molar-refractivity contribution in [2.75, 3.05) is 13.2 Å². The molecule has 1 aliphatic rings. The van der Waals surface area contributed by atoms with E-state index >= 15 is 0 Å². The zero-order valence-electron chi connectivity index (χ0n) is 11.5. The van der Waals surface area contributed by atoms with Crippen molar-refractivity contribution in [3.05, 3.63) is 49.2 Å². The maximum atomic E-state index is 5.97. The zero-order valence-corrected chi connectivity index (χ0v) is 14.5. The molecule has 0 aliphatic carbocycles. The number of thiophene rings is 1. The van der Waals surface area contributed by atoms with Crippen LogP contribution >= 0.6 is 33.9 Å². The predicted octanol–water partition coefficient (Wildman–Crippen LogP) is 4.38. The van der Waals surface area contributed by atoms with Crippen LogP contribution in [-0.2, 0) is 6.42 Å². The third kappa shape index (κ3) is 2.87. The van der Waals surface area contributed by atoms with Crippen molar-refractivity contribution in [2.45, 2.75) is 25.8 Å². The zero-order chi connectivity index (χ0) is 13.9. The van der Waals surface area contributed by atoms with E-state index in [1.807, 2.05) is 0 Å². The van der Waals surface area contributed by atoms with E-state index in [1.165, 1.54) is 19.6 Å². The molecule has 3 rings (SSSR count). The van der Waals surface area contributed by atoms with E-state index in [2.05, 4.69) is 64.5 Å². The maximum absolute atomic E-state index is 5.97. The lowest BCUT2D eigenvalue weighted by Gasteiger charge is -2.25. The van der Waals surface area contributed by atoms with Crippen LogP contribution in [-0.4, -0.2) is 13.2 Å². The first-order chi connectivity index (χ1) is 9.79. The number of benzene rings is 1. The van der Waals surface area contributed by atoms with Gasteiger partial charge in [-0.05, 0) is 64.6 Å². The Hall–Kier alpha value is -0.590. The van der Waals surface area contributed by atoms with Gasteiger partial charge in [-0.15, -0.1) is 11.3 Å². The van der Waals surface area contributed by atoms with Gasteiger partial charge in [-0.25, -0.2) is 0 Å². The van der Waals surface area contributed by atoms with E-state index in [0.717, 1.165) is 31.7 Å². The fraction of sp³-hybridized carbons (Fsp3) is 0.375. The van der Waals surface area contributed by atoms with Crippen LogP contribution in [0.3, 0.4) is 0 Å². The third-order valence-electron chi connectivity index (χ3n) is 3.60. The molecule has 2 nitrogen and oxygen atoms in total. The minimum absolute atomic E-state index is 0.229. The summed E-state index contributed by atoms with van der Waals surface area (Å²) in [5.74, 6) is 1.10. The van der Waals surface area contributed by atoms with Crippen molar-refractivity contribution in [1.82, 2.24) is 5.32 Å². The molecule has 1 aromatic heterocycles. The monoisotopic (exact) mass is 399 g/mol. The number of fused-ring (bicyclic) bond motifs is 1. The molecule has 1 N–H and O–H groups in total. The maximum Gasteiger partial charge on any atom is 0.127 e. The van der Waals surface area contributed by atoms with Gasteiger partial charge in [0.05, 0.1) is 15.5 Å². The van der Waals surface area contributed by atoms with Crippen molar-refractivity contribution in [1.29, 1.82) is 0 Å². The molecule has 0 saturated heterocycles. The molecule has 20 heavy (non-hydrogen) atoms. The molecule has 106 valence electrons. The first kappa shape index (κ1) is 14.4. The van der Waals surface area contributed by atoms with Gasteiger partial charge in [-0.2, -0.15) is 0 Å². The largest absolute Gasteiger partial charge is 0.493 e. The lowest BCUT2D eigenvalue weighted by molar-refractivity contribution is 0.283. The Morgan fingerprint density at radius 2 is 2.35 bits per heavy atom. The van der Waals surface area contributed by atoms with Gasteiger partial charge in [0, 0.05) is 5.56 Å². The van der Waals surface area contributed by atoms with Gasteiger partial charge >= 0.3 is 0 Å². The number of nitrogens with one attached hydrogen (secondary N) is 1. The van der Waals surface area contributed by atoms with Gasteiger partial charge < -0.3 is 10.1 Å². The van der Waals surface area contributed by atoms with Crippen LogP contribution in [0, 0.1) is 2.88 Å². The SMILES string of the molecule is CCNC(c1csc(I)c1)c1cccc2c1OCCC2. The second kappa shape index (κ2) is 6.45. The molecule has 0 fully saturated rings. The Morgan fingerprint density at radius 1 is 1.45 bits per heavy atom. The highest BCUT2D eigenvalue weighted by atomic mass is 127. The molecule has 0 bridgehead atoms. The number of hydrogen-bond acceptors (Lipinski definition) is 3. The van der Waals surface area contributed by atoms with E-state index < -0.39 is 0 Å². The molecule has 2 heterocycles. The summed E-state index contributed by atoms with van der Waals surface area (Å²) in [5.41, 5.74) is 3.96.